The highest BCUT2D eigenvalue weighted by molar-refractivity contribution is 7.80. The summed E-state index contributed by atoms with van der Waals surface area (Å²) in [4.78, 5) is 13.8. The van der Waals surface area contributed by atoms with Crippen LogP contribution in [0.15, 0.2) is 79.3 Å². The van der Waals surface area contributed by atoms with Crippen LogP contribution >= 0.6 is 35.4 Å². The van der Waals surface area contributed by atoms with Crippen molar-refractivity contribution < 1.29 is 0 Å². The second-order valence-electron chi connectivity index (χ2n) is 9.94. The molecular formula is C29H28Cl2N6S. The average Bonchev–Trinajstić information content (AvgIpc) is 3.54. The number of nitrogens with one attached hydrogen (secondary N) is 1. The summed E-state index contributed by atoms with van der Waals surface area (Å²) in [5.74, 6) is 1.53. The van der Waals surface area contributed by atoms with E-state index < -0.39 is 0 Å². The highest BCUT2D eigenvalue weighted by Gasteiger charge is 2.42. The van der Waals surface area contributed by atoms with E-state index in [0.717, 1.165) is 52.6 Å². The molecule has 2 aliphatic heterocycles. The molecule has 0 aliphatic carbocycles. The zero-order valence-corrected chi connectivity index (χ0v) is 23.3. The lowest BCUT2D eigenvalue weighted by Crippen LogP contribution is -2.33. The molecular weight excluding hydrogens is 535 g/mol. The van der Waals surface area contributed by atoms with Gasteiger partial charge in [0.25, 0.3) is 0 Å². The number of anilines is 2. The summed E-state index contributed by atoms with van der Waals surface area (Å²) in [6.07, 6.45) is 7.84. The molecule has 9 heteroatoms. The summed E-state index contributed by atoms with van der Waals surface area (Å²) in [5, 5.41) is 5.48. The first-order chi connectivity index (χ1) is 18.5. The molecule has 4 aromatic rings. The van der Waals surface area contributed by atoms with Crippen molar-refractivity contribution in [3.05, 3.63) is 101 Å². The molecule has 6 nitrogen and oxygen atoms in total. The van der Waals surface area contributed by atoms with Crippen LogP contribution in [-0.4, -0.2) is 32.7 Å². The first-order valence-electron chi connectivity index (χ1n) is 12.8. The van der Waals surface area contributed by atoms with Gasteiger partial charge in [0.05, 0.1) is 27.5 Å². The molecule has 2 aliphatic rings. The second kappa shape index (κ2) is 10.6. The molecule has 2 saturated heterocycles. The standard InChI is InChI=1S/C29H28Cl2N6S/c1-19-11-15-35(16-12-19)24-9-8-21(17-22(24)31)37-28(27(34-29(37)38)23-5-2-3-13-32-23)25-6-4-14-36(25)26-10-7-20(30)18-33-26/h2-10,13-14,17-19,27-28H,11-12,15-16H2,1H3,(H,34,38)/t27-,28-/m0/s1. The highest BCUT2D eigenvalue weighted by Crippen LogP contribution is 2.44. The Morgan fingerprint density at radius 2 is 1.82 bits per heavy atom. The predicted molar refractivity (Wildman–Crippen MR) is 159 cm³/mol. The number of nitrogens with zero attached hydrogens (tertiary/aromatic N) is 5. The number of hydrogen-bond acceptors (Lipinski definition) is 4. The normalized spacial score (nSPS) is 20.1. The van der Waals surface area contributed by atoms with Gasteiger partial charge in [-0.05, 0) is 85.6 Å². The van der Waals surface area contributed by atoms with Gasteiger partial charge in [0.2, 0.25) is 0 Å². The third-order valence-corrected chi connectivity index (χ3v) is 8.31. The van der Waals surface area contributed by atoms with E-state index in [1.807, 2.05) is 54.9 Å². The lowest BCUT2D eigenvalue weighted by Gasteiger charge is -2.33. The Morgan fingerprint density at radius 3 is 2.53 bits per heavy atom. The molecule has 3 aromatic heterocycles. The average molecular weight is 564 g/mol. The molecule has 0 bridgehead atoms. The van der Waals surface area contributed by atoms with Crippen LogP contribution in [0.5, 0.6) is 0 Å². The van der Waals surface area contributed by atoms with Crippen LogP contribution in [0, 0.1) is 5.92 Å². The van der Waals surface area contributed by atoms with Crippen molar-refractivity contribution in [2.75, 3.05) is 22.9 Å². The Kier molecular flexibility index (Phi) is 6.99. The second-order valence-corrected chi connectivity index (χ2v) is 11.2. The van der Waals surface area contributed by atoms with Gasteiger partial charge < -0.3 is 19.7 Å². The van der Waals surface area contributed by atoms with Gasteiger partial charge in [0.15, 0.2) is 5.11 Å². The Hall–Kier alpha value is -3.13. The minimum absolute atomic E-state index is 0.174. The summed E-state index contributed by atoms with van der Waals surface area (Å²) in [7, 11) is 0. The van der Waals surface area contributed by atoms with Crippen LogP contribution in [-0.2, 0) is 0 Å². The number of pyridine rings is 2. The van der Waals surface area contributed by atoms with Crippen molar-refractivity contribution in [2.45, 2.75) is 31.8 Å². The number of thiocarbonyl (C=S) groups is 1. The molecule has 0 unspecified atom stereocenters. The topological polar surface area (TPSA) is 49.2 Å². The van der Waals surface area contributed by atoms with Gasteiger partial charge in [-0.2, -0.15) is 0 Å². The summed E-state index contributed by atoms with van der Waals surface area (Å²) >= 11 is 19.0. The Labute approximate surface area is 238 Å². The summed E-state index contributed by atoms with van der Waals surface area (Å²) in [6.45, 7) is 4.36. The molecule has 5 heterocycles. The third-order valence-electron chi connectivity index (χ3n) is 7.47. The van der Waals surface area contributed by atoms with Crippen molar-refractivity contribution >= 4 is 51.9 Å². The zero-order valence-electron chi connectivity index (χ0n) is 21.0. The van der Waals surface area contributed by atoms with Crippen LogP contribution < -0.4 is 15.1 Å². The van der Waals surface area contributed by atoms with Crippen LogP contribution in [0.3, 0.4) is 0 Å². The highest BCUT2D eigenvalue weighted by atomic mass is 35.5. The molecule has 0 spiro atoms. The minimum atomic E-state index is -0.192. The molecule has 0 amide bonds. The Balaban J connectivity index is 1.42. The monoisotopic (exact) mass is 562 g/mol. The van der Waals surface area contributed by atoms with Crippen molar-refractivity contribution in [1.82, 2.24) is 19.9 Å². The summed E-state index contributed by atoms with van der Waals surface area (Å²) < 4.78 is 2.07. The number of halogens is 2. The van der Waals surface area contributed by atoms with E-state index in [0.29, 0.717) is 10.1 Å². The van der Waals surface area contributed by atoms with E-state index in [-0.39, 0.29) is 12.1 Å². The van der Waals surface area contributed by atoms with Crippen molar-refractivity contribution in [1.29, 1.82) is 0 Å². The fourth-order valence-corrected chi connectivity index (χ4v) is 6.19. The van der Waals surface area contributed by atoms with Crippen molar-refractivity contribution in [2.24, 2.45) is 5.92 Å². The fraction of sp³-hybridized carbons (Fsp3) is 0.276. The van der Waals surface area contributed by atoms with E-state index >= 15 is 0 Å². The third kappa shape index (κ3) is 4.75. The van der Waals surface area contributed by atoms with Crippen LogP contribution in [0.1, 0.15) is 43.2 Å². The lowest BCUT2D eigenvalue weighted by molar-refractivity contribution is 0.438. The molecule has 6 rings (SSSR count). The molecule has 2 fully saturated rings. The Bertz CT molecular complexity index is 1430. The zero-order chi connectivity index (χ0) is 26.2. The summed E-state index contributed by atoms with van der Waals surface area (Å²) in [6, 6.07) is 19.7. The number of hydrogen-bond donors (Lipinski definition) is 1. The molecule has 0 radical (unpaired) electrons. The van der Waals surface area contributed by atoms with Gasteiger partial charge in [0, 0.05) is 43.1 Å². The van der Waals surface area contributed by atoms with Gasteiger partial charge in [-0.15, -0.1) is 0 Å². The number of piperidine rings is 1. The molecule has 2 atom stereocenters. The molecule has 0 saturated carbocycles. The SMILES string of the molecule is CC1CCN(c2ccc(N3C(=S)N[C@@H](c4ccccn4)[C@@H]3c3cccn3-c3ccc(Cl)cn3)cc2Cl)CC1. The first kappa shape index (κ1) is 25.2. The maximum Gasteiger partial charge on any atom is 0.174 e. The number of benzene rings is 1. The Morgan fingerprint density at radius 1 is 0.974 bits per heavy atom. The van der Waals surface area contributed by atoms with Crippen LogP contribution in [0.2, 0.25) is 10.0 Å². The van der Waals surface area contributed by atoms with E-state index in [2.05, 4.69) is 54.8 Å². The predicted octanol–water partition coefficient (Wildman–Crippen LogP) is 6.99. The maximum atomic E-state index is 6.92. The largest absolute Gasteiger partial charge is 0.370 e. The minimum Gasteiger partial charge on any atom is -0.370 e. The molecule has 1 aromatic carbocycles. The van der Waals surface area contributed by atoms with Gasteiger partial charge in [-0.25, -0.2) is 4.98 Å². The van der Waals surface area contributed by atoms with E-state index in [1.165, 1.54) is 12.8 Å². The fourth-order valence-electron chi connectivity index (χ4n) is 5.44. The summed E-state index contributed by atoms with van der Waals surface area (Å²) in [5.41, 5.74) is 3.94. The quantitative estimate of drug-likeness (QED) is 0.264. The number of rotatable bonds is 5. The van der Waals surface area contributed by atoms with E-state index in [1.54, 1.807) is 6.20 Å². The smallest absolute Gasteiger partial charge is 0.174 e. The first-order valence-corrected chi connectivity index (χ1v) is 14.0. The molecule has 38 heavy (non-hydrogen) atoms. The van der Waals surface area contributed by atoms with Crippen molar-refractivity contribution in [3.8, 4) is 5.82 Å². The van der Waals surface area contributed by atoms with Gasteiger partial charge >= 0.3 is 0 Å². The van der Waals surface area contributed by atoms with E-state index in [4.69, 9.17) is 35.4 Å². The van der Waals surface area contributed by atoms with Gasteiger partial charge in [-0.3, -0.25) is 4.98 Å². The van der Waals surface area contributed by atoms with E-state index in [9.17, 15) is 0 Å². The van der Waals surface area contributed by atoms with Gasteiger partial charge in [-0.1, -0.05) is 36.2 Å². The maximum absolute atomic E-state index is 6.92. The molecule has 1 N–H and O–H groups in total. The lowest BCUT2D eigenvalue weighted by atomic mass is 9.98. The van der Waals surface area contributed by atoms with Crippen LogP contribution in [0.4, 0.5) is 11.4 Å². The molecule has 194 valence electrons. The van der Waals surface area contributed by atoms with Crippen molar-refractivity contribution in [3.63, 3.8) is 0 Å². The number of aromatic nitrogens is 3. The van der Waals surface area contributed by atoms with Crippen LogP contribution in [0.25, 0.3) is 5.82 Å². The van der Waals surface area contributed by atoms with Gasteiger partial charge in [0.1, 0.15) is 11.9 Å².